The van der Waals surface area contributed by atoms with Crippen molar-refractivity contribution >= 4 is 11.6 Å². The molecule has 0 radical (unpaired) electrons. The first-order valence-electron chi connectivity index (χ1n) is 12.8. The van der Waals surface area contributed by atoms with Crippen LogP contribution < -0.4 is 9.80 Å². The minimum atomic E-state index is 0.701. The highest BCUT2D eigenvalue weighted by Crippen LogP contribution is 2.40. The molecule has 0 amide bonds. The zero-order chi connectivity index (χ0) is 21.5. The SMILES string of the molecule is CC(CN1CCN(c2cc(C3CC3)[nH]n2)CC1)CN1CCN(c2cc(C3CC3)[nH]n2)CC1. The van der Waals surface area contributed by atoms with E-state index in [1.165, 1.54) is 50.2 Å². The zero-order valence-corrected chi connectivity index (χ0v) is 19.5. The highest BCUT2D eigenvalue weighted by atomic mass is 15.3. The highest BCUT2D eigenvalue weighted by molar-refractivity contribution is 5.42. The van der Waals surface area contributed by atoms with Crippen molar-refractivity contribution < 1.29 is 0 Å². The number of H-pyrrole nitrogens is 2. The van der Waals surface area contributed by atoms with Crippen LogP contribution in [0.2, 0.25) is 0 Å². The number of hydrogen-bond acceptors (Lipinski definition) is 6. The number of nitrogens with one attached hydrogen (secondary N) is 2. The number of aromatic amines is 2. The minimum Gasteiger partial charge on any atom is -0.353 e. The molecule has 0 unspecified atom stereocenters. The summed E-state index contributed by atoms with van der Waals surface area (Å²) in [6, 6.07) is 4.57. The number of aromatic nitrogens is 4. The third-order valence-electron chi connectivity index (χ3n) is 7.73. The summed E-state index contributed by atoms with van der Waals surface area (Å²) < 4.78 is 0. The smallest absolute Gasteiger partial charge is 0.150 e. The molecule has 2 aromatic rings. The molecule has 2 aliphatic carbocycles. The molecule has 2 saturated heterocycles. The molecular weight excluding hydrogens is 400 g/mol. The summed E-state index contributed by atoms with van der Waals surface area (Å²) in [6.07, 6.45) is 5.30. The largest absolute Gasteiger partial charge is 0.353 e. The number of rotatable bonds is 8. The van der Waals surface area contributed by atoms with E-state index in [0.29, 0.717) is 5.92 Å². The molecule has 0 spiro atoms. The molecule has 8 nitrogen and oxygen atoms in total. The predicted molar refractivity (Wildman–Crippen MR) is 128 cm³/mol. The van der Waals surface area contributed by atoms with Crippen LogP contribution in [0, 0.1) is 5.92 Å². The van der Waals surface area contributed by atoms with Crippen LogP contribution in [0.4, 0.5) is 11.6 Å². The molecule has 4 aliphatic rings. The van der Waals surface area contributed by atoms with Gasteiger partial charge in [0.2, 0.25) is 0 Å². The first-order valence-corrected chi connectivity index (χ1v) is 12.8. The van der Waals surface area contributed by atoms with Crippen molar-refractivity contribution in [3.63, 3.8) is 0 Å². The van der Waals surface area contributed by atoms with Crippen molar-refractivity contribution in [1.82, 2.24) is 30.2 Å². The Balaban J connectivity index is 0.915. The van der Waals surface area contributed by atoms with Crippen molar-refractivity contribution in [3.8, 4) is 0 Å². The van der Waals surface area contributed by atoms with Gasteiger partial charge in [-0.3, -0.25) is 20.0 Å². The van der Waals surface area contributed by atoms with Gasteiger partial charge in [0.1, 0.15) is 0 Å². The molecule has 6 rings (SSSR count). The van der Waals surface area contributed by atoms with Crippen LogP contribution >= 0.6 is 0 Å². The van der Waals surface area contributed by atoms with Crippen LogP contribution in [0.3, 0.4) is 0 Å². The lowest BCUT2D eigenvalue weighted by atomic mass is 10.1. The Morgan fingerprint density at radius 3 is 1.50 bits per heavy atom. The van der Waals surface area contributed by atoms with E-state index in [1.807, 2.05) is 0 Å². The lowest BCUT2D eigenvalue weighted by molar-refractivity contribution is 0.172. The molecule has 0 atom stereocenters. The molecule has 2 aliphatic heterocycles. The van der Waals surface area contributed by atoms with Crippen LogP contribution in [0.1, 0.15) is 55.8 Å². The van der Waals surface area contributed by atoms with E-state index in [9.17, 15) is 0 Å². The molecule has 8 heteroatoms. The molecule has 2 saturated carbocycles. The van der Waals surface area contributed by atoms with Gasteiger partial charge in [-0.15, -0.1) is 0 Å². The van der Waals surface area contributed by atoms with Gasteiger partial charge in [-0.05, 0) is 31.6 Å². The van der Waals surface area contributed by atoms with Gasteiger partial charge in [0.15, 0.2) is 11.6 Å². The first kappa shape index (κ1) is 20.5. The van der Waals surface area contributed by atoms with E-state index in [1.54, 1.807) is 0 Å². The fourth-order valence-electron chi connectivity index (χ4n) is 5.44. The summed E-state index contributed by atoms with van der Waals surface area (Å²) in [5.74, 6) is 4.50. The summed E-state index contributed by atoms with van der Waals surface area (Å²) in [5.41, 5.74) is 2.68. The van der Waals surface area contributed by atoms with E-state index >= 15 is 0 Å². The Hall–Kier alpha value is -2.06. The van der Waals surface area contributed by atoms with Gasteiger partial charge >= 0.3 is 0 Å². The topological polar surface area (TPSA) is 70.3 Å². The normalized spacial score (nSPS) is 23.4. The van der Waals surface area contributed by atoms with Gasteiger partial charge in [-0.25, -0.2) is 0 Å². The fourth-order valence-corrected chi connectivity index (χ4v) is 5.44. The average Bonchev–Trinajstić information content (AvgIpc) is 3.75. The van der Waals surface area contributed by atoms with E-state index < -0.39 is 0 Å². The third-order valence-corrected chi connectivity index (χ3v) is 7.73. The maximum absolute atomic E-state index is 4.57. The van der Waals surface area contributed by atoms with Crippen molar-refractivity contribution in [3.05, 3.63) is 23.5 Å². The molecule has 4 fully saturated rings. The monoisotopic (exact) mass is 438 g/mol. The second-order valence-corrected chi connectivity index (χ2v) is 10.6. The minimum absolute atomic E-state index is 0.701. The second-order valence-electron chi connectivity index (χ2n) is 10.6. The lowest BCUT2D eigenvalue weighted by Gasteiger charge is -2.38. The van der Waals surface area contributed by atoms with Gasteiger partial charge in [-0.1, -0.05) is 6.92 Å². The van der Waals surface area contributed by atoms with Crippen molar-refractivity contribution in [2.45, 2.75) is 44.4 Å². The van der Waals surface area contributed by atoms with Gasteiger partial charge < -0.3 is 9.80 Å². The molecule has 2 aromatic heterocycles. The molecule has 0 aromatic carbocycles. The zero-order valence-electron chi connectivity index (χ0n) is 19.5. The maximum atomic E-state index is 4.57. The first-order chi connectivity index (χ1) is 15.7. The van der Waals surface area contributed by atoms with Crippen LogP contribution in [-0.2, 0) is 0 Å². The Morgan fingerprint density at radius 2 is 1.12 bits per heavy atom. The van der Waals surface area contributed by atoms with Gasteiger partial charge in [0.05, 0.1) is 0 Å². The molecule has 2 N–H and O–H groups in total. The number of piperazine rings is 2. The molecule has 0 bridgehead atoms. The van der Waals surface area contributed by atoms with Gasteiger partial charge in [-0.2, -0.15) is 10.2 Å². The quantitative estimate of drug-likeness (QED) is 0.660. The molecular formula is C24H38N8. The van der Waals surface area contributed by atoms with Gasteiger partial charge in [0.25, 0.3) is 0 Å². The maximum Gasteiger partial charge on any atom is 0.150 e. The van der Waals surface area contributed by atoms with Crippen LogP contribution in [-0.4, -0.2) is 95.6 Å². The molecule has 174 valence electrons. The molecule has 4 heterocycles. The number of anilines is 2. The Labute approximate surface area is 191 Å². The van der Waals surface area contributed by atoms with Crippen molar-refractivity contribution in [1.29, 1.82) is 0 Å². The Bertz CT molecular complexity index is 809. The summed E-state index contributed by atoms with van der Waals surface area (Å²) >= 11 is 0. The Kier molecular flexibility index (Phi) is 5.59. The summed E-state index contributed by atoms with van der Waals surface area (Å²) in [4.78, 5) is 10.2. The van der Waals surface area contributed by atoms with E-state index in [0.717, 1.165) is 75.8 Å². The number of nitrogens with zero attached hydrogens (tertiary/aromatic N) is 6. The van der Waals surface area contributed by atoms with Crippen LogP contribution in [0.25, 0.3) is 0 Å². The number of hydrogen-bond donors (Lipinski definition) is 2. The Morgan fingerprint density at radius 1 is 0.719 bits per heavy atom. The second kappa shape index (κ2) is 8.71. The highest BCUT2D eigenvalue weighted by Gasteiger charge is 2.29. The standard InChI is InChI=1S/C24H38N8/c1-18(16-29-6-10-31(11-7-29)23-14-21(25-27-23)19-2-3-19)17-30-8-12-32(13-9-30)24-15-22(26-28-24)20-4-5-20/h14-15,18-20H,2-13,16-17H2,1H3,(H,25,27)(H,26,28). The van der Waals surface area contributed by atoms with E-state index in [2.05, 4.69) is 59.1 Å². The summed E-state index contributed by atoms with van der Waals surface area (Å²) in [7, 11) is 0. The third kappa shape index (κ3) is 4.66. The van der Waals surface area contributed by atoms with Crippen molar-refractivity contribution in [2.24, 2.45) is 5.92 Å². The van der Waals surface area contributed by atoms with Crippen LogP contribution in [0.5, 0.6) is 0 Å². The molecule has 32 heavy (non-hydrogen) atoms. The lowest BCUT2D eigenvalue weighted by Crippen LogP contribution is -2.50. The van der Waals surface area contributed by atoms with E-state index in [-0.39, 0.29) is 0 Å². The van der Waals surface area contributed by atoms with Gasteiger partial charge in [0, 0.05) is 101 Å². The van der Waals surface area contributed by atoms with E-state index in [4.69, 9.17) is 0 Å². The fraction of sp³-hybridized carbons (Fsp3) is 0.750. The summed E-state index contributed by atoms with van der Waals surface area (Å²) in [6.45, 7) is 13.8. The summed E-state index contributed by atoms with van der Waals surface area (Å²) in [5, 5.41) is 15.7. The van der Waals surface area contributed by atoms with Crippen molar-refractivity contribution in [2.75, 3.05) is 75.2 Å². The average molecular weight is 439 g/mol. The van der Waals surface area contributed by atoms with Crippen LogP contribution in [0.15, 0.2) is 12.1 Å². The predicted octanol–water partition coefficient (Wildman–Crippen LogP) is 2.47.